The molecule has 1 aromatic rings. The molecule has 1 N–H and O–H groups in total. The van der Waals surface area contributed by atoms with Crippen molar-refractivity contribution in [1.29, 1.82) is 0 Å². The van der Waals surface area contributed by atoms with Gasteiger partial charge >= 0.3 is 0 Å². The maximum Gasteiger partial charge on any atom is 0.157 e. The van der Waals surface area contributed by atoms with Crippen LogP contribution in [0, 0.1) is 49.4 Å². The minimum absolute atomic E-state index is 0.195. The molecule has 0 amide bonds. The topological polar surface area (TPSA) is 55.1 Å². The summed E-state index contributed by atoms with van der Waals surface area (Å²) in [5.41, 5.74) is 1.74. The first-order valence-corrected chi connectivity index (χ1v) is 12.5. The molecule has 3 aliphatic rings. The maximum absolute atomic E-state index is 13.1. The molecule has 4 rings (SSSR count). The molecule has 3 aliphatic carbocycles. The molecule has 0 aromatic carbocycles. The predicted octanol–water partition coefficient (Wildman–Crippen LogP) is 5.48. The molecule has 0 aliphatic heterocycles. The number of hydrogen-bond donors (Lipinski definition) is 1. The standard InChI is InChI=1S/C26H42N2O2/c1-17-8-9-20(25(29)16-28-15-18(2)19(3)27-28)6-5-7-24-22(17)11-10-21-14-26(4,30)13-12-23(21)24/h15,17,20-24,30H,5-14,16H2,1-4H3. The summed E-state index contributed by atoms with van der Waals surface area (Å²) >= 11 is 0. The highest BCUT2D eigenvalue weighted by atomic mass is 16.3. The molecule has 3 saturated carbocycles. The minimum Gasteiger partial charge on any atom is -0.390 e. The van der Waals surface area contributed by atoms with Gasteiger partial charge in [-0.05, 0) is 114 Å². The smallest absolute Gasteiger partial charge is 0.157 e. The van der Waals surface area contributed by atoms with E-state index in [-0.39, 0.29) is 5.92 Å². The number of Topliss-reactive ketones (excluding diaryl/α,β-unsaturated/α-hetero) is 1. The molecule has 0 saturated heterocycles. The monoisotopic (exact) mass is 414 g/mol. The third kappa shape index (κ3) is 4.69. The lowest BCUT2D eigenvalue weighted by molar-refractivity contribution is -0.124. The third-order valence-corrected chi connectivity index (χ3v) is 9.05. The Labute approximate surface area is 182 Å². The summed E-state index contributed by atoms with van der Waals surface area (Å²) in [7, 11) is 0. The number of fused-ring (bicyclic) bond motifs is 3. The Morgan fingerprint density at radius 2 is 1.90 bits per heavy atom. The highest BCUT2D eigenvalue weighted by molar-refractivity contribution is 5.80. The van der Waals surface area contributed by atoms with Crippen LogP contribution in [-0.4, -0.2) is 26.3 Å². The Kier molecular flexibility index (Phi) is 6.44. The Balaban J connectivity index is 1.42. The Hall–Kier alpha value is -1.16. The molecule has 7 atom stereocenters. The van der Waals surface area contributed by atoms with Gasteiger partial charge in [-0.1, -0.05) is 13.3 Å². The second-order valence-corrected chi connectivity index (χ2v) is 11.3. The van der Waals surface area contributed by atoms with E-state index in [0.29, 0.717) is 24.2 Å². The van der Waals surface area contributed by atoms with Gasteiger partial charge in [0.05, 0.1) is 17.8 Å². The lowest BCUT2D eigenvalue weighted by atomic mass is 9.56. The fourth-order valence-electron chi connectivity index (χ4n) is 7.22. The van der Waals surface area contributed by atoms with Crippen molar-refractivity contribution in [2.75, 3.05) is 0 Å². The summed E-state index contributed by atoms with van der Waals surface area (Å²) < 4.78 is 1.85. The van der Waals surface area contributed by atoms with E-state index in [1.54, 1.807) is 0 Å². The highest BCUT2D eigenvalue weighted by Gasteiger charge is 2.46. The Morgan fingerprint density at radius 1 is 1.10 bits per heavy atom. The van der Waals surface area contributed by atoms with E-state index in [9.17, 15) is 9.90 Å². The van der Waals surface area contributed by atoms with Gasteiger partial charge in [0.15, 0.2) is 5.78 Å². The van der Waals surface area contributed by atoms with Gasteiger partial charge in [0, 0.05) is 12.1 Å². The van der Waals surface area contributed by atoms with Crippen LogP contribution in [0.1, 0.15) is 89.3 Å². The van der Waals surface area contributed by atoms with Crippen molar-refractivity contribution in [3.05, 3.63) is 17.5 Å². The zero-order chi connectivity index (χ0) is 21.5. The fraction of sp³-hybridized carbons (Fsp3) is 0.846. The molecule has 0 bridgehead atoms. The van der Waals surface area contributed by atoms with Crippen molar-refractivity contribution in [2.45, 2.75) is 104 Å². The molecule has 168 valence electrons. The van der Waals surface area contributed by atoms with Crippen molar-refractivity contribution in [3.63, 3.8) is 0 Å². The van der Waals surface area contributed by atoms with Crippen LogP contribution in [0.4, 0.5) is 0 Å². The van der Waals surface area contributed by atoms with Gasteiger partial charge in [-0.2, -0.15) is 5.10 Å². The maximum atomic E-state index is 13.1. The zero-order valence-electron chi connectivity index (χ0n) is 19.6. The molecular weight excluding hydrogens is 372 g/mol. The van der Waals surface area contributed by atoms with Gasteiger partial charge in [0.2, 0.25) is 0 Å². The number of carbonyl (C=O) groups is 1. The molecule has 1 heterocycles. The average Bonchev–Trinajstić information content (AvgIpc) is 3.02. The van der Waals surface area contributed by atoms with Crippen molar-refractivity contribution in [3.8, 4) is 0 Å². The normalized spacial score (nSPS) is 39.9. The first-order chi connectivity index (χ1) is 14.2. The summed E-state index contributed by atoms with van der Waals surface area (Å²) in [6.45, 7) is 8.99. The first-order valence-electron chi connectivity index (χ1n) is 12.5. The van der Waals surface area contributed by atoms with Gasteiger partial charge in [-0.15, -0.1) is 0 Å². The Bertz CT molecular complexity index is 733. The van der Waals surface area contributed by atoms with Crippen LogP contribution in [0.3, 0.4) is 0 Å². The minimum atomic E-state index is -0.446. The summed E-state index contributed by atoms with van der Waals surface area (Å²) in [4.78, 5) is 13.1. The lowest BCUT2D eigenvalue weighted by Gasteiger charge is -2.50. The van der Waals surface area contributed by atoms with E-state index in [0.717, 1.165) is 54.7 Å². The summed E-state index contributed by atoms with van der Waals surface area (Å²) in [6, 6.07) is 0. The molecule has 30 heavy (non-hydrogen) atoms. The van der Waals surface area contributed by atoms with E-state index >= 15 is 0 Å². The second-order valence-electron chi connectivity index (χ2n) is 11.3. The van der Waals surface area contributed by atoms with E-state index in [2.05, 4.69) is 18.9 Å². The molecule has 4 heteroatoms. The van der Waals surface area contributed by atoms with Crippen molar-refractivity contribution < 1.29 is 9.90 Å². The van der Waals surface area contributed by atoms with Crippen LogP contribution in [-0.2, 0) is 11.3 Å². The van der Waals surface area contributed by atoms with Crippen LogP contribution in [0.5, 0.6) is 0 Å². The molecule has 0 radical (unpaired) electrons. The molecule has 3 fully saturated rings. The van der Waals surface area contributed by atoms with Crippen LogP contribution in [0.2, 0.25) is 0 Å². The zero-order valence-corrected chi connectivity index (χ0v) is 19.6. The number of aromatic nitrogens is 2. The summed E-state index contributed by atoms with van der Waals surface area (Å²) in [5.74, 6) is 4.42. The van der Waals surface area contributed by atoms with Crippen LogP contribution in [0.15, 0.2) is 6.20 Å². The number of aliphatic hydroxyl groups is 1. The van der Waals surface area contributed by atoms with E-state index in [1.807, 2.05) is 24.7 Å². The number of ketones is 1. The van der Waals surface area contributed by atoms with Gasteiger partial charge in [-0.25, -0.2) is 0 Å². The summed E-state index contributed by atoms with van der Waals surface area (Å²) in [6.07, 6.45) is 13.5. The quantitative estimate of drug-likeness (QED) is 0.712. The number of hydrogen-bond acceptors (Lipinski definition) is 3. The number of carbonyl (C=O) groups excluding carboxylic acids is 1. The molecule has 7 unspecified atom stereocenters. The van der Waals surface area contributed by atoms with Crippen molar-refractivity contribution in [2.24, 2.45) is 35.5 Å². The van der Waals surface area contributed by atoms with E-state index in [4.69, 9.17) is 0 Å². The lowest BCUT2D eigenvalue weighted by Crippen LogP contribution is -2.45. The molecule has 4 nitrogen and oxygen atoms in total. The average molecular weight is 415 g/mol. The molecule has 1 aromatic heterocycles. The largest absolute Gasteiger partial charge is 0.390 e. The number of nitrogens with zero attached hydrogens (tertiary/aromatic N) is 2. The SMILES string of the molecule is Cc1cn(CC(=O)C2CCCC3C(CCC4CC(C)(O)CCC43)C(C)CC2)nc1C. The first kappa shape index (κ1) is 22.0. The predicted molar refractivity (Wildman–Crippen MR) is 120 cm³/mol. The second kappa shape index (κ2) is 8.76. The highest BCUT2D eigenvalue weighted by Crippen LogP contribution is 2.53. The van der Waals surface area contributed by atoms with E-state index in [1.165, 1.54) is 38.5 Å². The van der Waals surface area contributed by atoms with Gasteiger partial charge in [0.25, 0.3) is 0 Å². The number of rotatable bonds is 3. The van der Waals surface area contributed by atoms with Crippen LogP contribution in [0.25, 0.3) is 0 Å². The van der Waals surface area contributed by atoms with Crippen LogP contribution < -0.4 is 0 Å². The Morgan fingerprint density at radius 3 is 2.63 bits per heavy atom. The molecule has 0 spiro atoms. The van der Waals surface area contributed by atoms with Gasteiger partial charge in [0.1, 0.15) is 0 Å². The van der Waals surface area contributed by atoms with Gasteiger partial charge in [-0.3, -0.25) is 9.48 Å². The fourth-order valence-corrected chi connectivity index (χ4v) is 7.22. The van der Waals surface area contributed by atoms with E-state index < -0.39 is 5.60 Å². The van der Waals surface area contributed by atoms with Crippen LogP contribution >= 0.6 is 0 Å². The summed E-state index contributed by atoms with van der Waals surface area (Å²) in [5, 5.41) is 15.1. The van der Waals surface area contributed by atoms with Crippen molar-refractivity contribution in [1.82, 2.24) is 9.78 Å². The molecular formula is C26H42N2O2. The van der Waals surface area contributed by atoms with Gasteiger partial charge < -0.3 is 5.11 Å². The number of aryl methyl sites for hydroxylation is 2. The van der Waals surface area contributed by atoms with Crippen molar-refractivity contribution >= 4 is 5.78 Å². The third-order valence-electron chi connectivity index (χ3n) is 9.05.